The molecule has 174 valence electrons. The van der Waals surface area contributed by atoms with E-state index in [0.29, 0.717) is 11.6 Å². The van der Waals surface area contributed by atoms with Crippen molar-refractivity contribution in [3.05, 3.63) is 70.4 Å². The fourth-order valence-electron chi connectivity index (χ4n) is 6.52. The average molecular weight is 447 g/mol. The number of carbonyl (C=O) groups is 1. The predicted octanol–water partition coefficient (Wildman–Crippen LogP) is 5.93. The maximum Gasteiger partial charge on any atom is 0.335 e. The van der Waals surface area contributed by atoms with Crippen molar-refractivity contribution < 1.29 is 14.6 Å². The standard InChI is InChI=1S/C28H34N2O3/c1-4-33-23-15-22-6-5-12-28(16-23,21-9-7-20(8-10-21)27(31)32)30(22)17-25-18(2)14-19(3)26-24(25)11-13-29-26/h7-11,13-14,22-23,29H,4-6,12,15-17H2,1-3H3,(H,31,32)/t22-,23-,28?/m1/s1. The highest BCUT2D eigenvalue weighted by Gasteiger charge is 2.50. The molecule has 5 heteroatoms. The van der Waals surface area contributed by atoms with E-state index < -0.39 is 5.97 Å². The summed E-state index contributed by atoms with van der Waals surface area (Å²) in [6.45, 7) is 8.10. The lowest BCUT2D eigenvalue weighted by Crippen LogP contribution is -2.60. The van der Waals surface area contributed by atoms with Crippen LogP contribution in [0.2, 0.25) is 0 Å². The number of carboxylic acid groups (broad SMARTS) is 1. The van der Waals surface area contributed by atoms with E-state index in [2.05, 4.69) is 42.8 Å². The fourth-order valence-corrected chi connectivity index (χ4v) is 6.52. The van der Waals surface area contributed by atoms with Crippen molar-refractivity contribution in [1.82, 2.24) is 9.88 Å². The van der Waals surface area contributed by atoms with Crippen LogP contribution in [0.4, 0.5) is 0 Å². The smallest absolute Gasteiger partial charge is 0.335 e. The molecule has 2 aromatic carbocycles. The number of nitrogens with zero attached hydrogens (tertiary/aromatic N) is 1. The van der Waals surface area contributed by atoms with Gasteiger partial charge in [0.05, 0.1) is 11.7 Å². The van der Waals surface area contributed by atoms with Gasteiger partial charge in [0.25, 0.3) is 0 Å². The number of hydrogen-bond donors (Lipinski definition) is 2. The Labute approximate surface area is 195 Å². The normalized spacial score (nSPS) is 25.4. The number of nitrogens with one attached hydrogen (secondary N) is 1. The Morgan fingerprint density at radius 1 is 1.21 bits per heavy atom. The zero-order valence-corrected chi connectivity index (χ0v) is 19.9. The van der Waals surface area contributed by atoms with Crippen LogP contribution in [0.25, 0.3) is 10.9 Å². The number of aryl methyl sites for hydroxylation is 2. The summed E-state index contributed by atoms with van der Waals surface area (Å²) >= 11 is 0. The summed E-state index contributed by atoms with van der Waals surface area (Å²) in [6, 6.07) is 12.6. The van der Waals surface area contributed by atoms with E-state index in [1.54, 1.807) is 12.1 Å². The van der Waals surface area contributed by atoms with Crippen LogP contribution in [-0.4, -0.2) is 39.7 Å². The van der Waals surface area contributed by atoms with Crippen LogP contribution >= 0.6 is 0 Å². The van der Waals surface area contributed by atoms with Gasteiger partial charge in [-0.15, -0.1) is 0 Å². The first kappa shape index (κ1) is 22.2. The summed E-state index contributed by atoms with van der Waals surface area (Å²) < 4.78 is 6.20. The highest BCUT2D eigenvalue weighted by molar-refractivity contribution is 5.88. The lowest BCUT2D eigenvalue weighted by Gasteiger charge is -2.57. The van der Waals surface area contributed by atoms with Crippen molar-refractivity contribution in [2.45, 2.75) is 77.1 Å². The number of aromatic nitrogens is 1. The zero-order chi connectivity index (χ0) is 23.2. The van der Waals surface area contributed by atoms with Crippen LogP contribution in [0.1, 0.15) is 71.6 Å². The van der Waals surface area contributed by atoms with Crippen LogP contribution in [0, 0.1) is 13.8 Å². The van der Waals surface area contributed by atoms with Gasteiger partial charge in [-0.1, -0.05) is 18.2 Å². The van der Waals surface area contributed by atoms with Crippen LogP contribution in [0.5, 0.6) is 0 Å². The summed E-state index contributed by atoms with van der Waals surface area (Å²) in [5.74, 6) is -0.876. The van der Waals surface area contributed by atoms with Gasteiger partial charge in [-0.05, 0) is 93.3 Å². The highest BCUT2D eigenvalue weighted by Crippen LogP contribution is 2.50. The van der Waals surface area contributed by atoms with Gasteiger partial charge in [0.1, 0.15) is 0 Å². The first-order chi connectivity index (χ1) is 15.9. The minimum absolute atomic E-state index is 0.141. The molecule has 3 heterocycles. The molecular formula is C28H34N2O3. The molecule has 5 rings (SSSR count). The molecule has 1 unspecified atom stereocenters. The maximum absolute atomic E-state index is 11.5. The van der Waals surface area contributed by atoms with Gasteiger partial charge in [0.2, 0.25) is 0 Å². The Morgan fingerprint density at radius 2 is 2.00 bits per heavy atom. The number of H-pyrrole nitrogens is 1. The Bertz CT molecular complexity index is 1170. The molecule has 2 aliphatic heterocycles. The van der Waals surface area contributed by atoms with Crippen molar-refractivity contribution in [1.29, 1.82) is 0 Å². The molecule has 0 aliphatic carbocycles. The van der Waals surface area contributed by atoms with Crippen LogP contribution in [0.3, 0.4) is 0 Å². The second-order valence-electron chi connectivity index (χ2n) is 9.86. The predicted molar refractivity (Wildman–Crippen MR) is 131 cm³/mol. The van der Waals surface area contributed by atoms with Crippen molar-refractivity contribution in [2.75, 3.05) is 6.61 Å². The number of carboxylic acids is 1. The number of aromatic amines is 1. The molecule has 3 atom stereocenters. The van der Waals surface area contributed by atoms with Gasteiger partial charge in [-0.2, -0.15) is 0 Å². The van der Waals surface area contributed by atoms with Gasteiger partial charge < -0.3 is 14.8 Å². The summed E-state index contributed by atoms with van der Waals surface area (Å²) in [5.41, 5.74) is 6.66. The Balaban J connectivity index is 1.60. The molecule has 1 aromatic heterocycles. The van der Waals surface area contributed by atoms with Crippen molar-refractivity contribution in [2.24, 2.45) is 0 Å². The molecule has 2 bridgehead atoms. The highest BCUT2D eigenvalue weighted by atomic mass is 16.5. The van der Waals surface area contributed by atoms with Gasteiger partial charge in [0, 0.05) is 41.8 Å². The molecule has 3 aromatic rings. The molecule has 2 fully saturated rings. The number of piperidine rings is 2. The molecule has 0 amide bonds. The van der Waals surface area contributed by atoms with Gasteiger partial charge >= 0.3 is 5.97 Å². The SMILES string of the molecule is CCO[C@@H]1C[C@H]2CCCC(c3ccc(C(=O)O)cc3)(C1)N2Cc1c(C)cc(C)c2[nH]ccc12. The summed E-state index contributed by atoms with van der Waals surface area (Å²) in [4.78, 5) is 17.6. The second-order valence-corrected chi connectivity index (χ2v) is 9.86. The number of fused-ring (bicyclic) bond motifs is 3. The number of benzene rings is 2. The Morgan fingerprint density at radius 3 is 2.73 bits per heavy atom. The van der Waals surface area contributed by atoms with E-state index in [0.717, 1.165) is 32.4 Å². The largest absolute Gasteiger partial charge is 0.478 e. The number of ether oxygens (including phenoxy) is 1. The average Bonchev–Trinajstić information content (AvgIpc) is 3.27. The maximum atomic E-state index is 11.5. The molecule has 2 aliphatic rings. The number of hydrogen-bond acceptors (Lipinski definition) is 3. The molecule has 0 spiro atoms. The Hall–Kier alpha value is -2.63. The molecule has 2 saturated heterocycles. The fraction of sp³-hybridized carbons (Fsp3) is 0.464. The third-order valence-electron chi connectivity index (χ3n) is 7.99. The van der Waals surface area contributed by atoms with Crippen molar-refractivity contribution in [3.63, 3.8) is 0 Å². The minimum Gasteiger partial charge on any atom is -0.478 e. The van der Waals surface area contributed by atoms with E-state index in [-0.39, 0.29) is 11.6 Å². The Kier molecular flexibility index (Phi) is 5.79. The van der Waals surface area contributed by atoms with Crippen LogP contribution < -0.4 is 0 Å². The number of rotatable bonds is 6. The van der Waals surface area contributed by atoms with Gasteiger partial charge in [-0.25, -0.2) is 4.79 Å². The first-order valence-electron chi connectivity index (χ1n) is 12.2. The van der Waals surface area contributed by atoms with E-state index in [4.69, 9.17) is 4.74 Å². The topological polar surface area (TPSA) is 65.6 Å². The van der Waals surface area contributed by atoms with Gasteiger partial charge in [0.15, 0.2) is 0 Å². The van der Waals surface area contributed by atoms with E-state index in [1.807, 2.05) is 18.3 Å². The summed E-state index contributed by atoms with van der Waals surface area (Å²) in [6.07, 6.45) is 7.73. The van der Waals surface area contributed by atoms with Crippen molar-refractivity contribution in [3.8, 4) is 0 Å². The summed E-state index contributed by atoms with van der Waals surface area (Å²) in [5, 5.41) is 10.7. The van der Waals surface area contributed by atoms with Gasteiger partial charge in [-0.3, -0.25) is 4.90 Å². The quantitative estimate of drug-likeness (QED) is 0.492. The van der Waals surface area contributed by atoms with Crippen molar-refractivity contribution >= 4 is 16.9 Å². The lowest BCUT2D eigenvalue weighted by molar-refractivity contribution is -0.115. The van der Waals surface area contributed by atoms with Crippen LogP contribution in [0.15, 0.2) is 42.6 Å². The van der Waals surface area contributed by atoms with Crippen LogP contribution in [-0.2, 0) is 16.8 Å². The van der Waals surface area contributed by atoms with E-state index in [1.165, 1.54) is 46.0 Å². The molecule has 0 radical (unpaired) electrons. The lowest BCUT2D eigenvalue weighted by atomic mass is 9.69. The molecule has 2 N–H and O–H groups in total. The number of aromatic carboxylic acids is 1. The monoisotopic (exact) mass is 446 g/mol. The molecule has 0 saturated carbocycles. The summed E-state index contributed by atoms with van der Waals surface area (Å²) in [7, 11) is 0. The molecular weight excluding hydrogens is 412 g/mol. The zero-order valence-electron chi connectivity index (χ0n) is 19.9. The second kappa shape index (κ2) is 8.62. The van der Waals surface area contributed by atoms with E-state index in [9.17, 15) is 9.90 Å². The minimum atomic E-state index is -0.876. The first-order valence-corrected chi connectivity index (χ1v) is 12.2. The molecule has 33 heavy (non-hydrogen) atoms. The van der Waals surface area contributed by atoms with E-state index >= 15 is 0 Å². The third kappa shape index (κ3) is 3.77. The molecule has 5 nitrogen and oxygen atoms in total. The third-order valence-corrected chi connectivity index (χ3v) is 7.99.